The molecule has 1 aromatic heterocycles. The van der Waals surface area contributed by atoms with Crippen molar-refractivity contribution in [2.24, 2.45) is 0 Å². The van der Waals surface area contributed by atoms with Gasteiger partial charge in [-0.15, -0.1) is 0 Å². The van der Waals surface area contributed by atoms with Crippen molar-refractivity contribution < 1.29 is 9.96 Å². The Morgan fingerprint density at radius 1 is 1.33 bits per heavy atom. The predicted molar refractivity (Wildman–Crippen MR) is 51.0 cm³/mol. The van der Waals surface area contributed by atoms with Crippen LogP contribution in [-0.4, -0.2) is 14.9 Å². The van der Waals surface area contributed by atoms with Gasteiger partial charge in [-0.1, -0.05) is 5.43 Å². The normalized spacial score (nSPS) is 9.73. The van der Waals surface area contributed by atoms with E-state index in [1.165, 1.54) is 20.0 Å². The molecule has 0 saturated heterocycles. The van der Waals surface area contributed by atoms with Gasteiger partial charge >= 0.3 is 5.69 Å². The van der Waals surface area contributed by atoms with E-state index < -0.39 is 9.96 Å². The highest BCUT2D eigenvalue weighted by atomic mass is 16.7. The Bertz CT molecular complexity index is 431. The first kappa shape index (κ1) is 10.8. The number of anilines is 1. The van der Waals surface area contributed by atoms with Crippen LogP contribution in [0.25, 0.3) is 0 Å². The van der Waals surface area contributed by atoms with Crippen molar-refractivity contribution in [3.05, 3.63) is 37.7 Å². The summed E-state index contributed by atoms with van der Waals surface area (Å²) < 4.78 is 0. The third kappa shape index (κ3) is 2.16. The van der Waals surface area contributed by atoms with E-state index in [-0.39, 0.29) is 22.6 Å². The summed E-state index contributed by atoms with van der Waals surface area (Å²) in [6.07, 6.45) is 1.30. The summed E-state index contributed by atoms with van der Waals surface area (Å²) in [5, 5.41) is 20.1. The quantitative estimate of drug-likeness (QED) is 0.595. The van der Waals surface area contributed by atoms with E-state index in [2.05, 4.69) is 4.98 Å². The lowest BCUT2D eigenvalue weighted by Crippen LogP contribution is -2.12. The first-order valence-electron chi connectivity index (χ1n) is 3.95. The lowest BCUT2D eigenvalue weighted by atomic mass is 10.2. The Morgan fingerprint density at radius 2 is 1.93 bits per heavy atom. The van der Waals surface area contributed by atoms with Gasteiger partial charge in [0, 0.05) is 11.8 Å². The summed E-state index contributed by atoms with van der Waals surface area (Å²) in [7, 11) is 0. The van der Waals surface area contributed by atoms with E-state index in [4.69, 9.17) is 0 Å². The zero-order valence-corrected chi connectivity index (χ0v) is 8.05. The fourth-order valence-corrected chi connectivity index (χ4v) is 1.15. The molecule has 0 aliphatic carbocycles. The zero-order chi connectivity index (χ0) is 11.6. The molecule has 1 N–H and O–H groups in total. The van der Waals surface area contributed by atoms with Crippen molar-refractivity contribution in [1.82, 2.24) is 4.98 Å². The number of nitrogens with zero attached hydrogens (tertiary/aromatic N) is 3. The van der Waals surface area contributed by atoms with Crippen LogP contribution in [0, 0.1) is 34.1 Å². The van der Waals surface area contributed by atoms with Gasteiger partial charge in [0.1, 0.15) is 0 Å². The Morgan fingerprint density at radius 3 is 2.40 bits per heavy atom. The Kier molecular flexibility index (Phi) is 2.79. The van der Waals surface area contributed by atoms with Crippen LogP contribution >= 0.6 is 0 Å². The van der Waals surface area contributed by atoms with E-state index >= 15 is 0 Å². The van der Waals surface area contributed by atoms with Gasteiger partial charge in [0.25, 0.3) is 0 Å². The van der Waals surface area contributed by atoms with E-state index in [1.807, 2.05) is 0 Å². The minimum Gasteiger partial charge on any atom is -0.258 e. The molecule has 1 heterocycles. The van der Waals surface area contributed by atoms with E-state index in [0.717, 1.165) is 0 Å². The molecular formula is C7H8N4O4. The number of hydrazine groups is 1. The largest absolute Gasteiger partial charge is 0.304 e. The lowest BCUT2D eigenvalue weighted by molar-refractivity contribution is -0.447. The van der Waals surface area contributed by atoms with Crippen molar-refractivity contribution in [1.29, 1.82) is 0 Å². The van der Waals surface area contributed by atoms with Gasteiger partial charge in [-0.3, -0.25) is 15.1 Å². The summed E-state index contributed by atoms with van der Waals surface area (Å²) in [4.78, 5) is 24.1. The maximum Gasteiger partial charge on any atom is 0.304 e. The van der Waals surface area contributed by atoms with Crippen LogP contribution in [0.3, 0.4) is 0 Å². The molecule has 15 heavy (non-hydrogen) atoms. The smallest absolute Gasteiger partial charge is 0.258 e. The second kappa shape index (κ2) is 3.86. The highest BCUT2D eigenvalue weighted by Gasteiger charge is 2.23. The molecule has 1 rings (SSSR count). The topological polar surface area (TPSA) is 111 Å². The molecule has 0 spiro atoms. The van der Waals surface area contributed by atoms with Crippen LogP contribution in [0.15, 0.2) is 6.20 Å². The fraction of sp³-hybridized carbons (Fsp3) is 0.286. The van der Waals surface area contributed by atoms with E-state index in [1.54, 1.807) is 5.43 Å². The lowest BCUT2D eigenvalue weighted by Gasteiger charge is -2.04. The van der Waals surface area contributed by atoms with Crippen molar-refractivity contribution in [2.75, 3.05) is 5.43 Å². The third-order valence-electron chi connectivity index (χ3n) is 1.81. The summed E-state index contributed by atoms with van der Waals surface area (Å²) in [6.45, 7) is 2.92. The van der Waals surface area contributed by atoms with Gasteiger partial charge in [-0.05, 0) is 13.8 Å². The van der Waals surface area contributed by atoms with Crippen LogP contribution in [0.2, 0.25) is 0 Å². The molecule has 0 aliphatic rings. The summed E-state index contributed by atoms with van der Waals surface area (Å²) in [6, 6.07) is 0. The fourth-order valence-electron chi connectivity index (χ4n) is 1.15. The van der Waals surface area contributed by atoms with Gasteiger partial charge in [0.2, 0.25) is 5.69 Å². The van der Waals surface area contributed by atoms with Gasteiger partial charge in [0.15, 0.2) is 5.03 Å². The minimum atomic E-state index is -0.851. The molecule has 0 amide bonds. The minimum absolute atomic E-state index is 0.176. The summed E-state index contributed by atoms with van der Waals surface area (Å²) in [5.74, 6) is 0. The SMILES string of the molecule is Cc1cnc(C)c(N[N+](=O)[O-])c1[N+](=O)[O-]. The summed E-state index contributed by atoms with van der Waals surface area (Å²) in [5.41, 5.74) is 1.77. The first-order valence-corrected chi connectivity index (χ1v) is 3.95. The number of aryl methyl sites for hydroxylation is 2. The molecule has 8 nitrogen and oxygen atoms in total. The first-order chi connectivity index (χ1) is 6.93. The molecule has 80 valence electrons. The Hall–Kier alpha value is -2.25. The molecular weight excluding hydrogens is 204 g/mol. The molecule has 8 heteroatoms. The molecule has 0 bridgehead atoms. The zero-order valence-electron chi connectivity index (χ0n) is 8.05. The third-order valence-corrected chi connectivity index (χ3v) is 1.81. The van der Waals surface area contributed by atoms with Gasteiger partial charge in [-0.25, -0.2) is 10.1 Å². The highest BCUT2D eigenvalue weighted by molar-refractivity contribution is 5.65. The van der Waals surface area contributed by atoms with Crippen LogP contribution in [0.1, 0.15) is 11.3 Å². The molecule has 0 atom stereocenters. The number of hydrogen-bond acceptors (Lipinski definition) is 5. The number of aromatic nitrogens is 1. The van der Waals surface area contributed by atoms with Gasteiger partial charge < -0.3 is 0 Å². The molecule has 1 aromatic rings. The Balaban J connectivity index is 3.38. The molecule has 0 saturated carbocycles. The van der Waals surface area contributed by atoms with Gasteiger partial charge in [0.05, 0.1) is 10.6 Å². The van der Waals surface area contributed by atoms with Crippen LogP contribution < -0.4 is 5.43 Å². The van der Waals surface area contributed by atoms with Crippen molar-refractivity contribution >= 4 is 11.4 Å². The van der Waals surface area contributed by atoms with Crippen LogP contribution in [0.5, 0.6) is 0 Å². The molecule has 0 radical (unpaired) electrons. The average molecular weight is 212 g/mol. The number of hydrogen-bond donors (Lipinski definition) is 1. The van der Waals surface area contributed by atoms with Crippen molar-refractivity contribution in [3.63, 3.8) is 0 Å². The highest BCUT2D eigenvalue weighted by Crippen LogP contribution is 2.29. The number of nitrogens with one attached hydrogen (secondary N) is 1. The molecule has 0 aliphatic heterocycles. The van der Waals surface area contributed by atoms with E-state index in [0.29, 0.717) is 0 Å². The monoisotopic (exact) mass is 212 g/mol. The summed E-state index contributed by atoms with van der Waals surface area (Å²) >= 11 is 0. The molecule has 0 unspecified atom stereocenters. The van der Waals surface area contributed by atoms with Crippen LogP contribution in [0.4, 0.5) is 11.4 Å². The van der Waals surface area contributed by atoms with Gasteiger partial charge in [-0.2, -0.15) is 0 Å². The number of pyridine rings is 1. The molecule has 0 aromatic carbocycles. The predicted octanol–water partition coefficient (Wildman–Crippen LogP) is 1.21. The maximum absolute atomic E-state index is 10.7. The standard InChI is InChI=1S/C7H8N4O4/c1-4-3-8-5(2)6(9-11(14)15)7(4)10(12)13/h3,9H,1-2H3. The number of rotatable bonds is 3. The van der Waals surface area contributed by atoms with Crippen molar-refractivity contribution in [3.8, 4) is 0 Å². The Labute approximate surface area is 84.2 Å². The van der Waals surface area contributed by atoms with E-state index in [9.17, 15) is 20.2 Å². The second-order valence-corrected chi connectivity index (χ2v) is 2.88. The number of nitro groups is 2. The maximum atomic E-state index is 10.7. The van der Waals surface area contributed by atoms with Crippen LogP contribution in [-0.2, 0) is 0 Å². The molecule has 0 fully saturated rings. The second-order valence-electron chi connectivity index (χ2n) is 2.88. The van der Waals surface area contributed by atoms with Crippen molar-refractivity contribution in [2.45, 2.75) is 13.8 Å². The average Bonchev–Trinajstić information content (AvgIpc) is 2.10.